The highest BCUT2D eigenvalue weighted by molar-refractivity contribution is 5.75. The number of hydrogen-bond acceptors (Lipinski definition) is 4. The summed E-state index contributed by atoms with van der Waals surface area (Å²) in [6.45, 7) is 11.5. The van der Waals surface area contributed by atoms with Gasteiger partial charge >= 0.3 is 5.97 Å². The summed E-state index contributed by atoms with van der Waals surface area (Å²) in [5, 5.41) is 0. The van der Waals surface area contributed by atoms with Crippen LogP contribution < -0.4 is 0 Å². The van der Waals surface area contributed by atoms with Crippen molar-refractivity contribution in [1.29, 1.82) is 0 Å². The summed E-state index contributed by atoms with van der Waals surface area (Å²) in [7, 11) is 0. The van der Waals surface area contributed by atoms with E-state index in [-0.39, 0.29) is 35.6 Å². The van der Waals surface area contributed by atoms with Crippen molar-refractivity contribution >= 4 is 5.97 Å². The van der Waals surface area contributed by atoms with Gasteiger partial charge in [-0.05, 0) is 52.6 Å². The highest BCUT2D eigenvalue weighted by atomic mass is 16.6. The zero-order chi connectivity index (χ0) is 16.6. The fraction of sp³-hybridized carbons (Fsp3) is 0.842. The molecule has 0 bridgehead atoms. The van der Waals surface area contributed by atoms with Gasteiger partial charge in [-0.25, -0.2) is 0 Å². The highest BCUT2D eigenvalue weighted by Crippen LogP contribution is 2.50. The second kappa shape index (κ2) is 6.56. The molecule has 1 aliphatic carbocycles. The maximum absolute atomic E-state index is 12.5. The van der Waals surface area contributed by atoms with Gasteiger partial charge in [0.05, 0.1) is 11.5 Å². The van der Waals surface area contributed by atoms with Gasteiger partial charge in [0.2, 0.25) is 0 Å². The van der Waals surface area contributed by atoms with Crippen molar-refractivity contribution in [2.45, 2.75) is 71.2 Å². The SMILES string of the molecule is CCN(CC)C[C@@H]1C(=O)O[C@H]2[C@H]1CCC(C)=CCC[C@@]1(C)O[C@@H]21. The number of nitrogens with zero attached hydrogens (tertiary/aromatic N) is 1. The van der Waals surface area contributed by atoms with Crippen molar-refractivity contribution < 1.29 is 14.3 Å². The Morgan fingerprint density at radius 2 is 2.09 bits per heavy atom. The molecule has 0 aromatic carbocycles. The van der Waals surface area contributed by atoms with E-state index in [2.05, 4.69) is 38.7 Å². The highest BCUT2D eigenvalue weighted by Gasteiger charge is 2.62. The number of allylic oxidation sites excluding steroid dienone is 2. The fourth-order valence-corrected chi connectivity index (χ4v) is 4.31. The van der Waals surface area contributed by atoms with Crippen molar-refractivity contribution in [2.24, 2.45) is 11.8 Å². The Balaban J connectivity index is 1.80. The summed E-state index contributed by atoms with van der Waals surface area (Å²) in [6, 6.07) is 0. The molecule has 0 aromatic rings. The van der Waals surface area contributed by atoms with Gasteiger partial charge in [-0.1, -0.05) is 25.5 Å². The van der Waals surface area contributed by atoms with E-state index < -0.39 is 0 Å². The summed E-state index contributed by atoms with van der Waals surface area (Å²) in [6.07, 6.45) is 6.59. The van der Waals surface area contributed by atoms with Crippen LogP contribution in [0.25, 0.3) is 0 Å². The van der Waals surface area contributed by atoms with Crippen LogP contribution in [0.4, 0.5) is 0 Å². The van der Waals surface area contributed by atoms with E-state index in [1.165, 1.54) is 5.57 Å². The van der Waals surface area contributed by atoms with Gasteiger partial charge in [0.15, 0.2) is 0 Å². The molecule has 0 aromatic heterocycles. The lowest BCUT2D eigenvalue weighted by Gasteiger charge is -2.26. The maximum atomic E-state index is 12.5. The zero-order valence-electron chi connectivity index (χ0n) is 15.0. The Kier molecular flexibility index (Phi) is 4.84. The molecule has 130 valence electrons. The lowest BCUT2D eigenvalue weighted by atomic mass is 9.80. The quantitative estimate of drug-likeness (QED) is 0.453. The number of carbonyl (C=O) groups is 1. The number of epoxide rings is 1. The van der Waals surface area contributed by atoms with Crippen LogP contribution in [0.3, 0.4) is 0 Å². The van der Waals surface area contributed by atoms with Crippen LogP contribution in [0.2, 0.25) is 0 Å². The topological polar surface area (TPSA) is 42.1 Å². The Morgan fingerprint density at radius 1 is 1.35 bits per heavy atom. The molecule has 0 radical (unpaired) electrons. The molecule has 3 rings (SSSR count). The largest absolute Gasteiger partial charge is 0.459 e. The van der Waals surface area contributed by atoms with Crippen LogP contribution in [0.15, 0.2) is 11.6 Å². The molecule has 2 aliphatic heterocycles. The predicted octanol–water partition coefficient (Wildman–Crippen LogP) is 3.16. The number of ether oxygens (including phenoxy) is 2. The lowest BCUT2D eigenvalue weighted by molar-refractivity contribution is -0.145. The number of fused-ring (bicyclic) bond motifs is 3. The van der Waals surface area contributed by atoms with Crippen LogP contribution >= 0.6 is 0 Å². The first-order valence-corrected chi connectivity index (χ1v) is 9.24. The molecule has 0 spiro atoms. The Labute approximate surface area is 140 Å². The number of esters is 1. The van der Waals surface area contributed by atoms with E-state index in [4.69, 9.17) is 9.47 Å². The number of rotatable bonds is 4. The molecule has 0 N–H and O–H groups in total. The molecule has 0 saturated carbocycles. The van der Waals surface area contributed by atoms with Gasteiger partial charge in [0, 0.05) is 12.5 Å². The second-order valence-corrected chi connectivity index (χ2v) is 7.64. The molecule has 3 aliphatic rings. The van der Waals surface area contributed by atoms with Crippen LogP contribution in [0, 0.1) is 11.8 Å². The van der Waals surface area contributed by atoms with Crippen molar-refractivity contribution in [3.63, 3.8) is 0 Å². The smallest absolute Gasteiger partial charge is 0.311 e. The molecule has 2 heterocycles. The molecule has 2 fully saturated rings. The molecular formula is C19H31NO3. The van der Waals surface area contributed by atoms with Gasteiger partial charge in [0.25, 0.3) is 0 Å². The van der Waals surface area contributed by atoms with Gasteiger partial charge < -0.3 is 14.4 Å². The van der Waals surface area contributed by atoms with Crippen LogP contribution in [-0.4, -0.2) is 48.3 Å². The third kappa shape index (κ3) is 3.34. The van der Waals surface area contributed by atoms with Gasteiger partial charge in [-0.2, -0.15) is 0 Å². The maximum Gasteiger partial charge on any atom is 0.311 e. The first-order chi connectivity index (χ1) is 11.0. The predicted molar refractivity (Wildman–Crippen MR) is 90.2 cm³/mol. The van der Waals surface area contributed by atoms with E-state index in [9.17, 15) is 4.79 Å². The van der Waals surface area contributed by atoms with Gasteiger partial charge in [-0.3, -0.25) is 4.79 Å². The summed E-state index contributed by atoms with van der Waals surface area (Å²) < 4.78 is 11.9. The third-order valence-electron chi connectivity index (χ3n) is 6.09. The van der Waals surface area contributed by atoms with Crippen molar-refractivity contribution in [3.8, 4) is 0 Å². The van der Waals surface area contributed by atoms with E-state index in [1.54, 1.807) is 0 Å². The normalized spacial score (nSPS) is 40.2. The van der Waals surface area contributed by atoms with Crippen molar-refractivity contribution in [2.75, 3.05) is 19.6 Å². The molecule has 0 amide bonds. The summed E-state index contributed by atoms with van der Waals surface area (Å²) in [4.78, 5) is 14.9. The van der Waals surface area contributed by atoms with Crippen LogP contribution in [0.1, 0.15) is 53.4 Å². The average molecular weight is 321 g/mol. The van der Waals surface area contributed by atoms with E-state index in [0.29, 0.717) is 0 Å². The van der Waals surface area contributed by atoms with Gasteiger partial charge in [0.1, 0.15) is 12.2 Å². The van der Waals surface area contributed by atoms with Crippen LogP contribution in [-0.2, 0) is 14.3 Å². The first-order valence-electron chi connectivity index (χ1n) is 9.24. The third-order valence-corrected chi connectivity index (χ3v) is 6.09. The second-order valence-electron chi connectivity index (χ2n) is 7.64. The number of hydrogen-bond donors (Lipinski definition) is 0. The Morgan fingerprint density at radius 3 is 2.78 bits per heavy atom. The monoisotopic (exact) mass is 321 g/mol. The molecule has 4 heteroatoms. The van der Waals surface area contributed by atoms with Crippen molar-refractivity contribution in [1.82, 2.24) is 4.90 Å². The molecule has 4 nitrogen and oxygen atoms in total. The molecular weight excluding hydrogens is 290 g/mol. The van der Waals surface area contributed by atoms with E-state index in [0.717, 1.165) is 45.3 Å². The van der Waals surface area contributed by atoms with Crippen molar-refractivity contribution in [3.05, 3.63) is 11.6 Å². The minimum atomic E-state index is -0.0958. The summed E-state index contributed by atoms with van der Waals surface area (Å²) >= 11 is 0. The summed E-state index contributed by atoms with van der Waals surface area (Å²) in [5.41, 5.74) is 1.34. The standard InChI is InChI=1S/C19H31NO3/c1-5-20(6-2)12-15-14-10-9-13(3)8-7-11-19(4)17(23-19)16(14)22-18(15)21/h8,14-17H,5-7,9-12H2,1-4H3/t14-,15-,16-,17-,19+/m0/s1. The molecule has 2 saturated heterocycles. The lowest BCUT2D eigenvalue weighted by Crippen LogP contribution is -2.36. The molecule has 0 unspecified atom stereocenters. The zero-order valence-corrected chi connectivity index (χ0v) is 15.0. The Hall–Kier alpha value is -0.870. The van der Waals surface area contributed by atoms with E-state index >= 15 is 0 Å². The first kappa shape index (κ1) is 17.0. The molecule has 23 heavy (non-hydrogen) atoms. The minimum absolute atomic E-state index is 0.000534. The minimum Gasteiger partial charge on any atom is -0.459 e. The van der Waals surface area contributed by atoms with Gasteiger partial charge in [-0.15, -0.1) is 0 Å². The van der Waals surface area contributed by atoms with E-state index in [1.807, 2.05) is 0 Å². The molecule has 5 atom stereocenters. The number of carbonyl (C=O) groups excluding carboxylic acids is 1. The summed E-state index contributed by atoms with van der Waals surface area (Å²) in [5.74, 6) is 0.280. The average Bonchev–Trinajstić information content (AvgIpc) is 3.09. The Bertz CT molecular complexity index is 485. The van der Waals surface area contributed by atoms with Crippen LogP contribution in [0.5, 0.6) is 0 Å². The fourth-order valence-electron chi connectivity index (χ4n) is 4.31.